The summed E-state index contributed by atoms with van der Waals surface area (Å²) in [6.07, 6.45) is 3.37. The summed E-state index contributed by atoms with van der Waals surface area (Å²) in [5.41, 5.74) is 3.44. The van der Waals surface area contributed by atoms with Crippen molar-refractivity contribution in [1.29, 1.82) is 0 Å². The van der Waals surface area contributed by atoms with E-state index in [9.17, 15) is 4.79 Å². The summed E-state index contributed by atoms with van der Waals surface area (Å²) in [5, 5.41) is 10.8. The van der Waals surface area contributed by atoms with Crippen LogP contribution in [0, 0.1) is 6.92 Å². The van der Waals surface area contributed by atoms with Gasteiger partial charge < -0.3 is 10.1 Å². The number of anilines is 1. The van der Waals surface area contributed by atoms with E-state index in [4.69, 9.17) is 39.5 Å². The van der Waals surface area contributed by atoms with Gasteiger partial charge in [0.05, 0.1) is 33.4 Å². The third-order valence-electron chi connectivity index (χ3n) is 4.63. The molecule has 0 aliphatic heterocycles. The van der Waals surface area contributed by atoms with E-state index in [0.29, 0.717) is 38.8 Å². The molecule has 1 amide bonds. The molecular weight excluding hydrogens is 489 g/mol. The smallest absolute Gasteiger partial charge is 0.265 e. The van der Waals surface area contributed by atoms with E-state index < -0.39 is 0 Å². The third kappa shape index (κ3) is 5.64. The van der Waals surface area contributed by atoms with Gasteiger partial charge in [-0.15, -0.1) is 11.3 Å². The van der Waals surface area contributed by atoms with Gasteiger partial charge >= 0.3 is 0 Å². The number of hydrogen-bond donors (Lipinski definition) is 1. The maximum Gasteiger partial charge on any atom is 0.265 e. The van der Waals surface area contributed by atoms with E-state index in [-0.39, 0.29) is 5.91 Å². The summed E-state index contributed by atoms with van der Waals surface area (Å²) in [4.78, 5) is 13.2. The highest BCUT2D eigenvalue weighted by atomic mass is 35.5. The second-order valence-electron chi connectivity index (χ2n) is 7.15. The number of rotatable bonds is 7. The lowest BCUT2D eigenvalue weighted by molar-refractivity contribution is 0.103. The van der Waals surface area contributed by atoms with Gasteiger partial charge in [0.1, 0.15) is 12.4 Å². The molecule has 2 aromatic carbocycles. The maximum absolute atomic E-state index is 12.6. The number of thiophene rings is 1. The molecule has 164 valence electrons. The number of amides is 1. The fourth-order valence-electron chi connectivity index (χ4n) is 2.98. The Morgan fingerprint density at radius 2 is 1.88 bits per heavy atom. The number of aryl methyl sites for hydroxylation is 1. The molecule has 9 heteroatoms. The molecule has 5 nitrogen and oxygen atoms in total. The number of hydrogen-bond acceptors (Lipinski definition) is 4. The van der Waals surface area contributed by atoms with Crippen LogP contribution >= 0.6 is 46.1 Å². The van der Waals surface area contributed by atoms with Crippen molar-refractivity contribution in [2.75, 3.05) is 5.32 Å². The zero-order chi connectivity index (χ0) is 22.7. The Bertz CT molecular complexity index is 1270. The van der Waals surface area contributed by atoms with Gasteiger partial charge in [-0.05, 0) is 59.8 Å². The second kappa shape index (κ2) is 9.96. The van der Waals surface area contributed by atoms with Gasteiger partial charge in [0.2, 0.25) is 0 Å². The summed E-state index contributed by atoms with van der Waals surface area (Å²) in [5.74, 6) is 0.538. The molecule has 0 saturated carbocycles. The van der Waals surface area contributed by atoms with E-state index in [2.05, 4.69) is 10.4 Å². The van der Waals surface area contributed by atoms with Gasteiger partial charge in [-0.25, -0.2) is 0 Å². The first-order chi connectivity index (χ1) is 15.4. The fourth-order valence-corrected chi connectivity index (χ4v) is 4.21. The maximum atomic E-state index is 12.6. The lowest BCUT2D eigenvalue weighted by atomic mass is 10.2. The highest BCUT2D eigenvalue weighted by Crippen LogP contribution is 2.24. The minimum atomic E-state index is -0.197. The van der Waals surface area contributed by atoms with Crippen LogP contribution in [0.5, 0.6) is 5.75 Å². The van der Waals surface area contributed by atoms with E-state index in [1.807, 2.05) is 36.6 Å². The Morgan fingerprint density at radius 3 is 2.66 bits per heavy atom. The predicted octanol–water partition coefficient (Wildman–Crippen LogP) is 7.09. The minimum Gasteiger partial charge on any atom is -0.489 e. The monoisotopic (exact) mass is 505 g/mol. The molecule has 0 radical (unpaired) electrons. The molecule has 0 aliphatic rings. The van der Waals surface area contributed by atoms with Crippen LogP contribution in [0.1, 0.15) is 26.4 Å². The van der Waals surface area contributed by atoms with Crippen molar-refractivity contribution in [3.63, 3.8) is 0 Å². The van der Waals surface area contributed by atoms with E-state index >= 15 is 0 Å². The molecule has 2 aromatic heterocycles. The van der Waals surface area contributed by atoms with Crippen molar-refractivity contribution in [3.8, 4) is 5.75 Å². The molecule has 32 heavy (non-hydrogen) atoms. The predicted molar refractivity (Wildman–Crippen MR) is 131 cm³/mol. The first-order valence-electron chi connectivity index (χ1n) is 9.61. The van der Waals surface area contributed by atoms with Crippen molar-refractivity contribution in [1.82, 2.24) is 9.78 Å². The Hall–Kier alpha value is -2.51. The van der Waals surface area contributed by atoms with Crippen LogP contribution < -0.4 is 10.1 Å². The van der Waals surface area contributed by atoms with Crippen molar-refractivity contribution >= 4 is 57.7 Å². The van der Waals surface area contributed by atoms with Crippen LogP contribution in [0.15, 0.2) is 60.2 Å². The number of nitrogens with one attached hydrogen (secondary N) is 1. The zero-order valence-electron chi connectivity index (χ0n) is 16.9. The topological polar surface area (TPSA) is 56.1 Å². The molecule has 0 spiro atoms. The molecule has 4 aromatic rings. The van der Waals surface area contributed by atoms with Gasteiger partial charge in [0.15, 0.2) is 0 Å². The quantitative estimate of drug-likeness (QED) is 0.291. The summed E-state index contributed by atoms with van der Waals surface area (Å²) in [7, 11) is 0. The average molecular weight is 507 g/mol. The molecule has 2 heterocycles. The van der Waals surface area contributed by atoms with E-state index in [1.54, 1.807) is 35.3 Å². The minimum absolute atomic E-state index is 0.197. The summed E-state index contributed by atoms with van der Waals surface area (Å²) in [6.45, 7) is 2.80. The van der Waals surface area contributed by atoms with Crippen molar-refractivity contribution in [2.45, 2.75) is 20.1 Å². The zero-order valence-corrected chi connectivity index (χ0v) is 20.0. The number of ether oxygens (including phenoxy) is 1. The molecule has 0 fully saturated rings. The molecule has 0 bridgehead atoms. The molecule has 1 N–H and O–H groups in total. The summed E-state index contributed by atoms with van der Waals surface area (Å²) >= 11 is 19.4. The first kappa shape index (κ1) is 22.7. The molecule has 0 atom stereocenters. The molecule has 0 saturated heterocycles. The average Bonchev–Trinajstić information content (AvgIpc) is 3.41. The lowest BCUT2D eigenvalue weighted by Crippen LogP contribution is -2.09. The summed E-state index contributed by atoms with van der Waals surface area (Å²) in [6, 6.07) is 12.8. The number of carbonyl (C=O) groups excluding carboxylic acids is 1. The van der Waals surface area contributed by atoms with E-state index in [1.165, 1.54) is 11.3 Å². The molecule has 0 unspecified atom stereocenters. The Kier molecular flexibility index (Phi) is 7.06. The Morgan fingerprint density at radius 1 is 1.06 bits per heavy atom. The number of aromatic nitrogens is 2. The van der Waals surface area contributed by atoms with E-state index in [0.717, 1.165) is 22.4 Å². The van der Waals surface area contributed by atoms with Crippen LogP contribution in [-0.4, -0.2) is 15.7 Å². The van der Waals surface area contributed by atoms with Crippen LogP contribution in [0.25, 0.3) is 0 Å². The number of halogens is 3. The van der Waals surface area contributed by atoms with Gasteiger partial charge in [0, 0.05) is 16.8 Å². The lowest BCUT2D eigenvalue weighted by Gasteiger charge is -2.06. The van der Waals surface area contributed by atoms with Crippen molar-refractivity contribution < 1.29 is 9.53 Å². The standard InChI is InChI=1S/C23H18Cl3N3O2S/c1-14-6-18(3-5-19(14)24)31-12-16-8-22(32-13-16)23(30)28-17-9-27-29(11-17)10-15-2-4-20(25)21(26)7-15/h2-9,11,13H,10,12H2,1H3,(H,28,30). The Balaban J connectivity index is 1.33. The third-order valence-corrected chi connectivity index (χ3v) is 6.77. The van der Waals surface area contributed by atoms with Crippen LogP contribution in [-0.2, 0) is 13.2 Å². The van der Waals surface area contributed by atoms with Crippen molar-refractivity contribution in [2.24, 2.45) is 0 Å². The Labute approximate surface area is 204 Å². The van der Waals surface area contributed by atoms with Crippen LogP contribution in [0.3, 0.4) is 0 Å². The SMILES string of the molecule is Cc1cc(OCc2csc(C(=O)Nc3cnn(Cc4ccc(Cl)c(Cl)c4)c3)c2)ccc1Cl. The summed E-state index contributed by atoms with van der Waals surface area (Å²) < 4.78 is 7.52. The van der Waals surface area contributed by atoms with Crippen LogP contribution in [0.4, 0.5) is 5.69 Å². The number of carbonyl (C=O) groups is 1. The van der Waals surface area contributed by atoms with Gasteiger partial charge in [-0.1, -0.05) is 40.9 Å². The molecule has 4 rings (SSSR count). The van der Waals surface area contributed by atoms with Gasteiger partial charge in [0.25, 0.3) is 5.91 Å². The number of benzene rings is 2. The van der Waals surface area contributed by atoms with Gasteiger partial charge in [-0.3, -0.25) is 9.48 Å². The number of nitrogens with zero attached hydrogens (tertiary/aromatic N) is 2. The fraction of sp³-hybridized carbons (Fsp3) is 0.130. The second-order valence-corrected chi connectivity index (χ2v) is 9.28. The highest BCUT2D eigenvalue weighted by Gasteiger charge is 2.12. The highest BCUT2D eigenvalue weighted by molar-refractivity contribution is 7.12. The molecular formula is C23H18Cl3N3O2S. The van der Waals surface area contributed by atoms with Gasteiger partial charge in [-0.2, -0.15) is 5.10 Å². The van der Waals surface area contributed by atoms with Crippen molar-refractivity contribution in [3.05, 3.63) is 96.9 Å². The normalized spacial score (nSPS) is 10.9. The molecule has 0 aliphatic carbocycles. The largest absolute Gasteiger partial charge is 0.489 e. The van der Waals surface area contributed by atoms with Crippen LogP contribution in [0.2, 0.25) is 15.1 Å². The first-order valence-corrected chi connectivity index (χ1v) is 11.6.